The normalized spacial score (nSPS) is 16.0. The highest BCUT2D eigenvalue weighted by molar-refractivity contribution is 5.85. The van der Waals surface area contributed by atoms with Gasteiger partial charge < -0.3 is 5.32 Å². The summed E-state index contributed by atoms with van der Waals surface area (Å²) in [4.78, 5) is 2.61. The first-order valence-corrected chi connectivity index (χ1v) is 7.98. The minimum Gasteiger partial charge on any atom is -0.314 e. The molecule has 0 bridgehead atoms. The number of rotatable bonds is 4. The molecule has 1 heterocycles. The van der Waals surface area contributed by atoms with E-state index in [0.717, 1.165) is 26.2 Å². The Labute approximate surface area is 152 Å². The van der Waals surface area contributed by atoms with E-state index in [1.54, 1.807) is 0 Å². The Morgan fingerprint density at radius 1 is 0.870 bits per heavy atom. The molecule has 0 unspecified atom stereocenters. The largest absolute Gasteiger partial charge is 0.314 e. The average molecular weight is 353 g/mol. The Bertz CT molecular complexity index is 551. The molecule has 0 aliphatic carbocycles. The van der Waals surface area contributed by atoms with E-state index in [4.69, 9.17) is 0 Å². The van der Waals surface area contributed by atoms with Gasteiger partial charge in [-0.25, -0.2) is 0 Å². The first kappa shape index (κ1) is 20.0. The summed E-state index contributed by atoms with van der Waals surface area (Å²) in [5, 5.41) is 3.43. The molecule has 4 heteroatoms. The zero-order valence-electron chi connectivity index (χ0n) is 13.6. The number of nitrogens with zero attached hydrogens (tertiary/aromatic N) is 1. The van der Waals surface area contributed by atoms with Crippen LogP contribution >= 0.6 is 24.8 Å². The van der Waals surface area contributed by atoms with Crippen molar-refractivity contribution in [3.05, 3.63) is 60.2 Å². The lowest BCUT2D eigenvalue weighted by Gasteiger charge is -2.34. The molecule has 1 saturated heterocycles. The van der Waals surface area contributed by atoms with Crippen LogP contribution in [-0.2, 0) is 0 Å². The fraction of sp³-hybridized carbons (Fsp3) is 0.368. The molecule has 0 spiro atoms. The molecule has 1 aliphatic rings. The standard InChI is InChI=1S/C19H24N2.2ClH/c1-2-19(21-14-12-20-13-15-21)18-10-8-17(9-11-18)16-6-4-3-5-7-16;;/h3-11,19-20H,2,12-15H2,1H3;2*1H/t19-;;/m0../s1. The topological polar surface area (TPSA) is 15.3 Å². The van der Waals surface area contributed by atoms with Gasteiger partial charge in [-0.2, -0.15) is 0 Å². The van der Waals surface area contributed by atoms with Crippen LogP contribution in [0, 0.1) is 0 Å². The summed E-state index contributed by atoms with van der Waals surface area (Å²) >= 11 is 0. The van der Waals surface area contributed by atoms with Gasteiger partial charge in [-0.15, -0.1) is 24.8 Å². The molecule has 0 radical (unpaired) electrons. The van der Waals surface area contributed by atoms with Crippen molar-refractivity contribution in [3.63, 3.8) is 0 Å². The second kappa shape index (κ2) is 9.94. The quantitative estimate of drug-likeness (QED) is 0.867. The molecule has 1 atom stereocenters. The molecular weight excluding hydrogens is 327 g/mol. The van der Waals surface area contributed by atoms with Gasteiger partial charge in [0.25, 0.3) is 0 Å². The van der Waals surface area contributed by atoms with Crippen molar-refractivity contribution in [1.82, 2.24) is 10.2 Å². The van der Waals surface area contributed by atoms with Crippen LogP contribution in [0.1, 0.15) is 24.9 Å². The molecule has 0 aromatic heterocycles. The number of nitrogens with one attached hydrogen (secondary N) is 1. The van der Waals surface area contributed by atoms with Gasteiger partial charge in [0.05, 0.1) is 0 Å². The fourth-order valence-corrected chi connectivity index (χ4v) is 3.23. The van der Waals surface area contributed by atoms with E-state index in [2.05, 4.69) is 71.7 Å². The second-order valence-corrected chi connectivity index (χ2v) is 5.70. The van der Waals surface area contributed by atoms with Crippen LogP contribution in [0.2, 0.25) is 0 Å². The van der Waals surface area contributed by atoms with E-state index >= 15 is 0 Å². The summed E-state index contributed by atoms with van der Waals surface area (Å²) in [6, 6.07) is 20.3. The number of hydrogen-bond acceptors (Lipinski definition) is 2. The number of hydrogen-bond donors (Lipinski definition) is 1. The smallest absolute Gasteiger partial charge is 0.0346 e. The molecule has 0 saturated carbocycles. The molecule has 3 rings (SSSR count). The van der Waals surface area contributed by atoms with Crippen LogP contribution in [-0.4, -0.2) is 31.1 Å². The van der Waals surface area contributed by atoms with Crippen molar-refractivity contribution < 1.29 is 0 Å². The van der Waals surface area contributed by atoms with Gasteiger partial charge in [0.15, 0.2) is 0 Å². The number of halogens is 2. The highest BCUT2D eigenvalue weighted by Crippen LogP contribution is 2.27. The van der Waals surface area contributed by atoms with Crippen LogP contribution in [0.15, 0.2) is 54.6 Å². The van der Waals surface area contributed by atoms with Crippen LogP contribution in [0.3, 0.4) is 0 Å². The monoisotopic (exact) mass is 352 g/mol. The zero-order valence-corrected chi connectivity index (χ0v) is 15.2. The third-order valence-electron chi connectivity index (χ3n) is 4.38. The van der Waals surface area contributed by atoms with Gasteiger partial charge in [0.1, 0.15) is 0 Å². The highest BCUT2D eigenvalue weighted by atomic mass is 35.5. The summed E-state index contributed by atoms with van der Waals surface area (Å²) in [5.41, 5.74) is 4.04. The van der Waals surface area contributed by atoms with Crippen LogP contribution in [0.5, 0.6) is 0 Å². The van der Waals surface area contributed by atoms with Crippen LogP contribution in [0.25, 0.3) is 11.1 Å². The van der Waals surface area contributed by atoms with Gasteiger partial charge in [-0.3, -0.25) is 4.90 Å². The molecule has 2 nitrogen and oxygen atoms in total. The van der Waals surface area contributed by atoms with Gasteiger partial charge in [0.2, 0.25) is 0 Å². The second-order valence-electron chi connectivity index (χ2n) is 5.70. The van der Waals surface area contributed by atoms with Crippen molar-refractivity contribution in [2.75, 3.05) is 26.2 Å². The third-order valence-corrected chi connectivity index (χ3v) is 4.38. The van der Waals surface area contributed by atoms with Gasteiger partial charge >= 0.3 is 0 Å². The number of piperazine rings is 1. The lowest BCUT2D eigenvalue weighted by Crippen LogP contribution is -2.45. The molecule has 1 fully saturated rings. The van der Waals surface area contributed by atoms with E-state index in [9.17, 15) is 0 Å². The van der Waals surface area contributed by atoms with Gasteiger partial charge in [-0.05, 0) is 23.1 Å². The van der Waals surface area contributed by atoms with Gasteiger partial charge in [0, 0.05) is 32.2 Å². The molecule has 2 aromatic rings. The molecule has 1 aliphatic heterocycles. The lowest BCUT2D eigenvalue weighted by atomic mass is 9.98. The first-order valence-electron chi connectivity index (χ1n) is 7.98. The molecular formula is C19H26Cl2N2. The van der Waals surface area contributed by atoms with E-state index in [1.165, 1.54) is 23.1 Å². The fourth-order valence-electron chi connectivity index (χ4n) is 3.23. The maximum absolute atomic E-state index is 3.43. The Balaban J connectivity index is 0.00000132. The maximum atomic E-state index is 3.43. The Morgan fingerprint density at radius 3 is 2.00 bits per heavy atom. The molecule has 2 aromatic carbocycles. The van der Waals surface area contributed by atoms with Crippen molar-refractivity contribution in [1.29, 1.82) is 0 Å². The maximum Gasteiger partial charge on any atom is 0.0346 e. The molecule has 23 heavy (non-hydrogen) atoms. The first-order chi connectivity index (χ1) is 10.4. The zero-order chi connectivity index (χ0) is 14.5. The summed E-state index contributed by atoms with van der Waals surface area (Å²) in [5.74, 6) is 0. The van der Waals surface area contributed by atoms with Crippen molar-refractivity contribution in [2.45, 2.75) is 19.4 Å². The van der Waals surface area contributed by atoms with Crippen LogP contribution in [0.4, 0.5) is 0 Å². The predicted octanol–water partition coefficient (Wildman–Crippen LogP) is 4.55. The summed E-state index contributed by atoms with van der Waals surface area (Å²) < 4.78 is 0. The van der Waals surface area contributed by atoms with Crippen molar-refractivity contribution in [3.8, 4) is 11.1 Å². The Hall–Kier alpha value is -1.06. The average Bonchev–Trinajstić information content (AvgIpc) is 2.58. The van der Waals surface area contributed by atoms with E-state index < -0.39 is 0 Å². The third kappa shape index (κ3) is 4.95. The summed E-state index contributed by atoms with van der Waals surface area (Å²) in [6.07, 6.45) is 1.17. The lowest BCUT2D eigenvalue weighted by molar-refractivity contribution is 0.169. The van der Waals surface area contributed by atoms with Crippen molar-refractivity contribution in [2.24, 2.45) is 0 Å². The predicted molar refractivity (Wildman–Crippen MR) is 104 cm³/mol. The summed E-state index contributed by atoms with van der Waals surface area (Å²) in [6.45, 7) is 6.81. The number of benzene rings is 2. The molecule has 126 valence electrons. The highest BCUT2D eigenvalue weighted by Gasteiger charge is 2.20. The van der Waals surface area contributed by atoms with Crippen molar-refractivity contribution >= 4 is 24.8 Å². The summed E-state index contributed by atoms with van der Waals surface area (Å²) in [7, 11) is 0. The van der Waals surface area contributed by atoms with Crippen LogP contribution < -0.4 is 5.32 Å². The minimum absolute atomic E-state index is 0. The molecule has 0 amide bonds. The molecule has 1 N–H and O–H groups in total. The minimum atomic E-state index is 0. The Morgan fingerprint density at radius 2 is 1.43 bits per heavy atom. The Kier molecular flexibility index (Phi) is 8.64. The SMILES string of the molecule is CC[C@@H](c1ccc(-c2ccccc2)cc1)N1CCNCC1.Cl.Cl. The van der Waals surface area contributed by atoms with E-state index in [-0.39, 0.29) is 24.8 Å². The van der Waals surface area contributed by atoms with E-state index in [1.807, 2.05) is 0 Å². The van der Waals surface area contributed by atoms with E-state index in [0.29, 0.717) is 6.04 Å². The van der Waals surface area contributed by atoms with Gasteiger partial charge in [-0.1, -0.05) is 61.5 Å².